The highest BCUT2D eigenvalue weighted by atomic mass is 79.9. The predicted octanol–water partition coefficient (Wildman–Crippen LogP) is 3.93. The standard InChI is InChI=1S/C16H17BrFNO/c1-19-9-8-12-4-2-3-5-13(12)11-20-16-7-6-14(18)10-15(16)17/h2-7,10,19H,8-9,11H2,1H3. The summed E-state index contributed by atoms with van der Waals surface area (Å²) in [6.07, 6.45) is 0.959. The quantitative estimate of drug-likeness (QED) is 0.862. The maximum absolute atomic E-state index is 13.0. The van der Waals surface area contributed by atoms with E-state index in [0.29, 0.717) is 16.8 Å². The molecule has 2 aromatic carbocycles. The van der Waals surface area contributed by atoms with E-state index in [1.54, 1.807) is 6.07 Å². The Kier molecular flexibility index (Phi) is 5.56. The van der Waals surface area contributed by atoms with Crippen molar-refractivity contribution >= 4 is 15.9 Å². The molecule has 4 heteroatoms. The van der Waals surface area contributed by atoms with E-state index in [-0.39, 0.29) is 5.82 Å². The van der Waals surface area contributed by atoms with Crippen LogP contribution in [0.2, 0.25) is 0 Å². The number of halogens is 2. The fraction of sp³-hybridized carbons (Fsp3) is 0.250. The molecular weight excluding hydrogens is 321 g/mol. The van der Waals surface area contributed by atoms with Crippen LogP contribution in [0.5, 0.6) is 5.75 Å². The van der Waals surface area contributed by atoms with E-state index in [1.807, 2.05) is 19.2 Å². The van der Waals surface area contributed by atoms with Crippen LogP contribution in [0.15, 0.2) is 46.9 Å². The Bertz CT molecular complexity index is 574. The molecule has 0 fully saturated rings. The molecule has 20 heavy (non-hydrogen) atoms. The Morgan fingerprint density at radius 1 is 1.15 bits per heavy atom. The highest BCUT2D eigenvalue weighted by Crippen LogP contribution is 2.26. The van der Waals surface area contributed by atoms with Crippen molar-refractivity contribution in [3.05, 3.63) is 63.9 Å². The van der Waals surface area contributed by atoms with Gasteiger partial charge in [0.15, 0.2) is 0 Å². The van der Waals surface area contributed by atoms with E-state index < -0.39 is 0 Å². The van der Waals surface area contributed by atoms with Gasteiger partial charge >= 0.3 is 0 Å². The molecule has 0 spiro atoms. The monoisotopic (exact) mass is 337 g/mol. The van der Waals surface area contributed by atoms with Crippen LogP contribution in [0.25, 0.3) is 0 Å². The zero-order valence-corrected chi connectivity index (χ0v) is 12.9. The summed E-state index contributed by atoms with van der Waals surface area (Å²) >= 11 is 3.31. The minimum atomic E-state index is -0.279. The van der Waals surface area contributed by atoms with Crippen LogP contribution in [0, 0.1) is 5.82 Å². The zero-order chi connectivity index (χ0) is 14.4. The Morgan fingerprint density at radius 3 is 2.60 bits per heavy atom. The van der Waals surface area contributed by atoms with Crippen molar-refractivity contribution in [2.24, 2.45) is 0 Å². The highest BCUT2D eigenvalue weighted by Gasteiger charge is 2.05. The second-order valence-corrected chi connectivity index (χ2v) is 5.34. The first-order valence-electron chi connectivity index (χ1n) is 6.50. The van der Waals surface area contributed by atoms with Gasteiger partial charge in [-0.3, -0.25) is 0 Å². The first-order valence-corrected chi connectivity index (χ1v) is 7.29. The lowest BCUT2D eigenvalue weighted by Crippen LogP contribution is -2.12. The van der Waals surface area contributed by atoms with Crippen molar-refractivity contribution in [2.75, 3.05) is 13.6 Å². The van der Waals surface area contributed by atoms with E-state index in [1.165, 1.54) is 17.7 Å². The van der Waals surface area contributed by atoms with Crippen molar-refractivity contribution in [2.45, 2.75) is 13.0 Å². The van der Waals surface area contributed by atoms with Crippen LogP contribution in [0.1, 0.15) is 11.1 Å². The zero-order valence-electron chi connectivity index (χ0n) is 11.3. The molecule has 0 radical (unpaired) electrons. The SMILES string of the molecule is CNCCc1ccccc1COc1ccc(F)cc1Br. The fourth-order valence-electron chi connectivity index (χ4n) is 1.95. The van der Waals surface area contributed by atoms with Crippen LogP contribution in [0.4, 0.5) is 4.39 Å². The third-order valence-electron chi connectivity index (χ3n) is 3.04. The Hall–Kier alpha value is -1.39. The van der Waals surface area contributed by atoms with Gasteiger partial charge in [-0.25, -0.2) is 4.39 Å². The smallest absolute Gasteiger partial charge is 0.134 e. The second-order valence-electron chi connectivity index (χ2n) is 4.49. The van der Waals surface area contributed by atoms with Gasteiger partial charge in [0.2, 0.25) is 0 Å². The molecule has 0 atom stereocenters. The second kappa shape index (κ2) is 7.41. The molecule has 0 saturated carbocycles. The lowest BCUT2D eigenvalue weighted by Gasteiger charge is -2.12. The van der Waals surface area contributed by atoms with Gasteiger partial charge in [0, 0.05) is 0 Å². The van der Waals surface area contributed by atoms with Crippen LogP contribution >= 0.6 is 15.9 Å². The number of likely N-dealkylation sites (N-methyl/N-ethyl adjacent to an activating group) is 1. The fourth-order valence-corrected chi connectivity index (χ4v) is 2.41. The highest BCUT2D eigenvalue weighted by molar-refractivity contribution is 9.10. The molecule has 0 amide bonds. The van der Waals surface area contributed by atoms with Gasteiger partial charge in [0.25, 0.3) is 0 Å². The van der Waals surface area contributed by atoms with Gasteiger partial charge in [-0.15, -0.1) is 0 Å². The van der Waals surface area contributed by atoms with Crippen molar-refractivity contribution < 1.29 is 9.13 Å². The summed E-state index contributed by atoms with van der Waals surface area (Å²) in [4.78, 5) is 0. The van der Waals surface area contributed by atoms with Crippen molar-refractivity contribution in [1.82, 2.24) is 5.32 Å². The first kappa shape index (κ1) is 15.0. The van der Waals surface area contributed by atoms with Crippen molar-refractivity contribution in [1.29, 1.82) is 0 Å². The van der Waals surface area contributed by atoms with Crippen molar-refractivity contribution in [3.63, 3.8) is 0 Å². The molecule has 1 N–H and O–H groups in total. The molecule has 0 unspecified atom stereocenters. The topological polar surface area (TPSA) is 21.3 Å². The molecule has 0 aliphatic heterocycles. The van der Waals surface area contributed by atoms with Crippen LogP contribution in [0.3, 0.4) is 0 Å². The molecule has 106 valence electrons. The minimum absolute atomic E-state index is 0.279. The van der Waals surface area contributed by atoms with E-state index in [4.69, 9.17) is 4.74 Å². The van der Waals surface area contributed by atoms with Gasteiger partial charge < -0.3 is 10.1 Å². The number of hydrogen-bond acceptors (Lipinski definition) is 2. The number of benzene rings is 2. The third kappa shape index (κ3) is 4.05. The maximum Gasteiger partial charge on any atom is 0.134 e. The van der Waals surface area contributed by atoms with Crippen LogP contribution < -0.4 is 10.1 Å². The summed E-state index contributed by atoms with van der Waals surface area (Å²) in [6.45, 7) is 1.40. The molecule has 2 aromatic rings. The Balaban J connectivity index is 2.06. The molecule has 0 saturated heterocycles. The van der Waals surface area contributed by atoms with Gasteiger partial charge in [-0.2, -0.15) is 0 Å². The number of rotatable bonds is 6. The molecule has 2 rings (SSSR count). The third-order valence-corrected chi connectivity index (χ3v) is 3.66. The van der Waals surface area contributed by atoms with E-state index in [9.17, 15) is 4.39 Å². The summed E-state index contributed by atoms with van der Waals surface area (Å²) in [5, 5.41) is 3.14. The molecule has 0 heterocycles. The van der Waals surface area contributed by atoms with Gasteiger partial charge in [-0.1, -0.05) is 24.3 Å². The average molecular weight is 338 g/mol. The molecular formula is C16H17BrFNO. The number of hydrogen-bond donors (Lipinski definition) is 1. The summed E-state index contributed by atoms with van der Waals surface area (Å²) in [5.41, 5.74) is 2.42. The summed E-state index contributed by atoms with van der Waals surface area (Å²) in [6, 6.07) is 12.6. The molecule has 0 aromatic heterocycles. The van der Waals surface area contributed by atoms with Gasteiger partial charge in [0.1, 0.15) is 18.2 Å². The average Bonchev–Trinajstić information content (AvgIpc) is 2.45. The normalized spacial score (nSPS) is 10.6. The number of nitrogens with one attached hydrogen (secondary N) is 1. The number of ether oxygens (including phenoxy) is 1. The predicted molar refractivity (Wildman–Crippen MR) is 82.5 cm³/mol. The lowest BCUT2D eigenvalue weighted by atomic mass is 10.1. The van der Waals surface area contributed by atoms with E-state index in [0.717, 1.165) is 18.5 Å². The summed E-state index contributed by atoms with van der Waals surface area (Å²) in [7, 11) is 1.94. The first-order chi connectivity index (χ1) is 9.70. The van der Waals surface area contributed by atoms with Crippen LogP contribution in [-0.4, -0.2) is 13.6 Å². The largest absolute Gasteiger partial charge is 0.488 e. The summed E-state index contributed by atoms with van der Waals surface area (Å²) < 4.78 is 19.4. The molecule has 0 aliphatic rings. The van der Waals surface area contributed by atoms with Gasteiger partial charge in [0.05, 0.1) is 4.47 Å². The van der Waals surface area contributed by atoms with E-state index >= 15 is 0 Å². The van der Waals surface area contributed by atoms with Crippen LogP contribution in [-0.2, 0) is 13.0 Å². The minimum Gasteiger partial charge on any atom is -0.488 e. The Morgan fingerprint density at radius 2 is 1.90 bits per heavy atom. The summed E-state index contributed by atoms with van der Waals surface area (Å²) in [5.74, 6) is 0.369. The maximum atomic E-state index is 13.0. The molecule has 0 bridgehead atoms. The van der Waals surface area contributed by atoms with Crippen molar-refractivity contribution in [3.8, 4) is 5.75 Å². The Labute approximate surface area is 127 Å². The van der Waals surface area contributed by atoms with Gasteiger partial charge in [-0.05, 0) is 65.3 Å². The lowest BCUT2D eigenvalue weighted by molar-refractivity contribution is 0.302. The van der Waals surface area contributed by atoms with E-state index in [2.05, 4.69) is 33.4 Å². The molecule has 0 aliphatic carbocycles. The molecule has 2 nitrogen and oxygen atoms in total.